The number of halogens is 3. The van der Waals surface area contributed by atoms with Crippen molar-refractivity contribution in [2.75, 3.05) is 33.2 Å². The van der Waals surface area contributed by atoms with Crippen molar-refractivity contribution in [1.82, 2.24) is 14.7 Å². The predicted molar refractivity (Wildman–Crippen MR) is 87.7 cm³/mol. The molecule has 1 aromatic carbocycles. The Labute approximate surface area is 149 Å². The summed E-state index contributed by atoms with van der Waals surface area (Å²) in [5, 5.41) is 0. The molecule has 0 bridgehead atoms. The van der Waals surface area contributed by atoms with E-state index in [2.05, 4.69) is 0 Å². The number of carbonyl (C=O) groups is 2. The molecule has 1 aromatic rings. The zero-order valence-corrected chi connectivity index (χ0v) is 14.4. The minimum absolute atomic E-state index is 0.0328. The van der Waals surface area contributed by atoms with E-state index in [1.807, 2.05) is 0 Å². The van der Waals surface area contributed by atoms with Gasteiger partial charge in [0.1, 0.15) is 5.82 Å². The lowest BCUT2D eigenvalue weighted by Gasteiger charge is -2.36. The van der Waals surface area contributed by atoms with Crippen LogP contribution in [0.3, 0.4) is 0 Å². The van der Waals surface area contributed by atoms with Crippen LogP contribution in [-0.4, -0.2) is 71.9 Å². The van der Waals surface area contributed by atoms with Crippen molar-refractivity contribution in [3.8, 4) is 0 Å². The van der Waals surface area contributed by atoms with Crippen LogP contribution in [0.5, 0.6) is 0 Å². The van der Waals surface area contributed by atoms with Gasteiger partial charge in [-0.1, -0.05) is 0 Å². The third-order valence-electron chi connectivity index (χ3n) is 4.90. The number of hydrogen-bond acceptors (Lipinski definition) is 3. The van der Waals surface area contributed by atoms with E-state index in [0.717, 1.165) is 6.07 Å². The van der Waals surface area contributed by atoms with E-state index in [9.17, 15) is 22.8 Å². The molecule has 2 saturated heterocycles. The predicted octanol–water partition coefficient (Wildman–Crippen LogP) is 0.942. The highest BCUT2D eigenvalue weighted by Crippen LogP contribution is 2.20. The van der Waals surface area contributed by atoms with Crippen LogP contribution in [0.25, 0.3) is 0 Å². The fourth-order valence-electron chi connectivity index (χ4n) is 3.53. The molecule has 2 aliphatic rings. The molecule has 0 aliphatic carbocycles. The average molecular weight is 370 g/mol. The lowest BCUT2D eigenvalue weighted by atomic mass is 10.0. The van der Waals surface area contributed by atoms with Crippen LogP contribution >= 0.6 is 0 Å². The van der Waals surface area contributed by atoms with Crippen molar-refractivity contribution in [3.05, 3.63) is 35.1 Å². The summed E-state index contributed by atoms with van der Waals surface area (Å²) in [5.74, 6) is -3.48. The summed E-state index contributed by atoms with van der Waals surface area (Å²) in [6.07, 6.45) is -0.103. The van der Waals surface area contributed by atoms with Gasteiger partial charge in [0.25, 0.3) is 0 Å². The number of nitrogens with two attached hydrogens (primary N) is 1. The molecule has 3 rings (SSSR count). The Bertz CT molecular complexity index is 730. The number of piperazine rings is 1. The molecule has 0 radical (unpaired) electrons. The highest BCUT2D eigenvalue weighted by Gasteiger charge is 2.40. The lowest BCUT2D eigenvalue weighted by Crippen LogP contribution is -2.54. The molecule has 9 heteroatoms. The van der Waals surface area contributed by atoms with Gasteiger partial charge in [-0.3, -0.25) is 4.79 Å². The van der Waals surface area contributed by atoms with Gasteiger partial charge in [-0.2, -0.15) is 0 Å². The van der Waals surface area contributed by atoms with Crippen molar-refractivity contribution in [2.45, 2.75) is 24.9 Å². The van der Waals surface area contributed by atoms with Gasteiger partial charge < -0.3 is 20.4 Å². The second kappa shape index (κ2) is 7.14. The topological polar surface area (TPSA) is 69.9 Å². The van der Waals surface area contributed by atoms with Crippen molar-refractivity contribution in [3.63, 3.8) is 0 Å². The maximum Gasteiger partial charge on any atom is 0.320 e. The third-order valence-corrected chi connectivity index (χ3v) is 4.90. The molecular weight excluding hydrogens is 349 g/mol. The van der Waals surface area contributed by atoms with Gasteiger partial charge in [-0.05, 0) is 18.1 Å². The molecule has 0 saturated carbocycles. The van der Waals surface area contributed by atoms with Gasteiger partial charge in [0, 0.05) is 51.8 Å². The molecule has 1 unspecified atom stereocenters. The monoisotopic (exact) mass is 370 g/mol. The van der Waals surface area contributed by atoms with Crippen LogP contribution < -0.4 is 5.73 Å². The smallest absolute Gasteiger partial charge is 0.320 e. The summed E-state index contributed by atoms with van der Waals surface area (Å²) in [7, 11) is 1.72. The first-order chi connectivity index (χ1) is 12.3. The van der Waals surface area contributed by atoms with Crippen LogP contribution in [0.1, 0.15) is 12.0 Å². The number of carbonyl (C=O) groups excluding carboxylic acids is 2. The number of amides is 3. The molecule has 2 fully saturated rings. The maximum atomic E-state index is 13.7. The van der Waals surface area contributed by atoms with Crippen LogP contribution in [0.2, 0.25) is 0 Å². The highest BCUT2D eigenvalue weighted by atomic mass is 19.2. The summed E-state index contributed by atoms with van der Waals surface area (Å²) in [6.45, 7) is 1.88. The first-order valence-electron chi connectivity index (χ1n) is 8.44. The average Bonchev–Trinajstić information content (AvgIpc) is 2.86. The Kier molecular flexibility index (Phi) is 5.08. The van der Waals surface area contributed by atoms with Crippen molar-refractivity contribution >= 4 is 11.9 Å². The van der Waals surface area contributed by atoms with Gasteiger partial charge in [0.15, 0.2) is 11.6 Å². The molecule has 0 spiro atoms. The van der Waals surface area contributed by atoms with E-state index in [4.69, 9.17) is 5.73 Å². The van der Waals surface area contributed by atoms with Crippen LogP contribution in [0, 0.1) is 17.5 Å². The standard InChI is InChI=1S/C17H21F3N4O2/c1-22-8-12-9-23(2-3-24(12)17(22)26)16(25)6-11(21)4-10-5-14(19)15(20)7-13(10)18/h5,7,11-12H,2-4,6,8-9,21H2,1H3/t11-,12?/m1/s1. The number of rotatable bonds is 4. The summed E-state index contributed by atoms with van der Waals surface area (Å²) in [5.41, 5.74) is 5.86. The zero-order valence-electron chi connectivity index (χ0n) is 14.4. The van der Waals surface area contributed by atoms with Crippen molar-refractivity contribution < 1.29 is 22.8 Å². The van der Waals surface area contributed by atoms with Crippen LogP contribution in [0.15, 0.2) is 12.1 Å². The molecule has 2 N–H and O–H groups in total. The Hall–Kier alpha value is -2.29. The van der Waals surface area contributed by atoms with Crippen LogP contribution in [0.4, 0.5) is 18.0 Å². The van der Waals surface area contributed by atoms with Gasteiger partial charge in [-0.25, -0.2) is 18.0 Å². The normalized spacial score (nSPS) is 21.2. The largest absolute Gasteiger partial charge is 0.339 e. The van der Waals surface area contributed by atoms with E-state index in [1.165, 1.54) is 0 Å². The van der Waals surface area contributed by atoms with E-state index >= 15 is 0 Å². The Morgan fingerprint density at radius 1 is 1.19 bits per heavy atom. The highest BCUT2D eigenvalue weighted by molar-refractivity contribution is 5.79. The Morgan fingerprint density at radius 2 is 1.88 bits per heavy atom. The number of nitrogens with zero attached hydrogens (tertiary/aromatic N) is 3. The maximum absolute atomic E-state index is 13.7. The SMILES string of the molecule is CN1CC2CN(C(=O)C[C@H](N)Cc3cc(F)c(F)cc3F)CCN2C1=O. The second-order valence-electron chi connectivity index (χ2n) is 6.88. The first-order valence-corrected chi connectivity index (χ1v) is 8.44. The molecule has 26 heavy (non-hydrogen) atoms. The number of fused-ring (bicyclic) bond motifs is 1. The van der Waals surface area contributed by atoms with Crippen molar-refractivity contribution in [1.29, 1.82) is 0 Å². The molecule has 3 amide bonds. The molecule has 142 valence electrons. The molecule has 2 aliphatic heterocycles. The summed E-state index contributed by atoms with van der Waals surface area (Å²) in [4.78, 5) is 29.4. The van der Waals surface area contributed by atoms with Gasteiger partial charge in [-0.15, -0.1) is 0 Å². The van der Waals surface area contributed by atoms with E-state index in [-0.39, 0.29) is 36.4 Å². The van der Waals surface area contributed by atoms with Crippen molar-refractivity contribution in [2.24, 2.45) is 5.73 Å². The number of likely N-dealkylation sites (N-methyl/N-ethyl adjacent to an activating group) is 1. The van der Waals surface area contributed by atoms with E-state index in [0.29, 0.717) is 32.2 Å². The summed E-state index contributed by atoms with van der Waals surface area (Å²) >= 11 is 0. The Balaban J connectivity index is 1.57. The second-order valence-corrected chi connectivity index (χ2v) is 6.88. The minimum Gasteiger partial charge on any atom is -0.339 e. The summed E-state index contributed by atoms with van der Waals surface area (Å²) < 4.78 is 39.9. The first kappa shape index (κ1) is 18.5. The third kappa shape index (κ3) is 3.62. The fraction of sp³-hybridized carbons (Fsp3) is 0.529. The zero-order chi connectivity index (χ0) is 19.0. The number of hydrogen-bond donors (Lipinski definition) is 1. The summed E-state index contributed by atoms with van der Waals surface area (Å²) in [6, 6.07) is 0.463. The molecule has 6 nitrogen and oxygen atoms in total. The van der Waals surface area contributed by atoms with Gasteiger partial charge in [0.2, 0.25) is 5.91 Å². The van der Waals surface area contributed by atoms with Gasteiger partial charge >= 0.3 is 6.03 Å². The lowest BCUT2D eigenvalue weighted by molar-refractivity contribution is -0.133. The quantitative estimate of drug-likeness (QED) is 0.802. The Morgan fingerprint density at radius 3 is 2.62 bits per heavy atom. The van der Waals surface area contributed by atoms with E-state index in [1.54, 1.807) is 21.7 Å². The number of benzene rings is 1. The van der Waals surface area contributed by atoms with Crippen LogP contribution in [-0.2, 0) is 11.2 Å². The molecule has 0 aromatic heterocycles. The van der Waals surface area contributed by atoms with Gasteiger partial charge in [0.05, 0.1) is 6.04 Å². The molecule has 2 heterocycles. The molecule has 2 atom stereocenters. The van der Waals surface area contributed by atoms with E-state index < -0.39 is 23.5 Å². The number of urea groups is 1. The fourth-order valence-corrected chi connectivity index (χ4v) is 3.53. The molecular formula is C17H21F3N4O2. The minimum atomic E-state index is -1.26.